The Morgan fingerprint density at radius 2 is 1.76 bits per heavy atom. The lowest BCUT2D eigenvalue weighted by atomic mass is 9.99. The topological polar surface area (TPSA) is 94.1 Å². The first-order chi connectivity index (χ1) is 21.9. The van der Waals surface area contributed by atoms with Crippen LogP contribution in [0.3, 0.4) is 0 Å². The van der Waals surface area contributed by atoms with Crippen molar-refractivity contribution in [1.82, 2.24) is 9.80 Å². The fourth-order valence-electron chi connectivity index (χ4n) is 5.62. The largest absolute Gasteiger partial charge is 0.488 e. The average Bonchev–Trinajstić information content (AvgIpc) is 3.02. The van der Waals surface area contributed by atoms with Crippen LogP contribution in [0, 0.1) is 5.92 Å². The maximum Gasteiger partial charge on any atom is 0.416 e. The minimum absolute atomic E-state index is 0.148. The number of aliphatic hydroxyl groups excluding tert-OH is 1. The van der Waals surface area contributed by atoms with Crippen LogP contribution in [0.25, 0.3) is 10.8 Å². The number of alkyl halides is 3. The lowest BCUT2D eigenvalue weighted by Gasteiger charge is -2.38. The van der Waals surface area contributed by atoms with Gasteiger partial charge in [0.05, 0.1) is 29.5 Å². The summed E-state index contributed by atoms with van der Waals surface area (Å²) in [5, 5.41) is 17.5. The molecule has 11 heteroatoms. The molecule has 0 spiro atoms. The predicted molar refractivity (Wildman–Crippen MR) is 172 cm³/mol. The van der Waals surface area contributed by atoms with E-state index >= 15 is 0 Å². The van der Waals surface area contributed by atoms with Crippen LogP contribution in [0.5, 0.6) is 5.75 Å². The zero-order valence-corrected chi connectivity index (χ0v) is 25.8. The zero-order valence-electron chi connectivity index (χ0n) is 25.8. The smallest absolute Gasteiger partial charge is 0.416 e. The second-order valence-electron chi connectivity index (χ2n) is 11.8. The van der Waals surface area contributed by atoms with Gasteiger partial charge in [0.1, 0.15) is 11.9 Å². The van der Waals surface area contributed by atoms with Gasteiger partial charge in [-0.15, -0.1) is 0 Å². The van der Waals surface area contributed by atoms with Crippen LogP contribution in [0.15, 0.2) is 84.9 Å². The normalized spacial score (nSPS) is 17.6. The number of amides is 3. The number of anilines is 2. The molecule has 5 rings (SSSR count). The number of carbonyl (C=O) groups excluding carboxylic acids is 2. The monoisotopic (exact) mass is 634 g/mol. The van der Waals surface area contributed by atoms with Gasteiger partial charge in [-0.1, -0.05) is 55.5 Å². The fraction of sp³-hybridized carbons (Fsp3) is 0.314. The maximum absolute atomic E-state index is 13.8. The Bertz CT molecular complexity index is 1690. The van der Waals surface area contributed by atoms with E-state index in [9.17, 15) is 27.9 Å². The number of likely N-dealkylation sites (N-methyl/N-ethyl adjacent to an activating group) is 1. The molecule has 0 saturated heterocycles. The van der Waals surface area contributed by atoms with Crippen LogP contribution in [0.2, 0.25) is 0 Å². The molecule has 3 atom stereocenters. The lowest BCUT2D eigenvalue weighted by Crippen LogP contribution is -2.49. The minimum atomic E-state index is -4.40. The van der Waals surface area contributed by atoms with Crippen molar-refractivity contribution in [2.24, 2.45) is 5.92 Å². The lowest BCUT2D eigenvalue weighted by molar-refractivity contribution is -0.137. The van der Waals surface area contributed by atoms with Crippen LogP contribution >= 0.6 is 0 Å². The molecule has 8 nitrogen and oxygen atoms in total. The van der Waals surface area contributed by atoms with Crippen molar-refractivity contribution < 1.29 is 32.6 Å². The highest BCUT2D eigenvalue weighted by atomic mass is 19.4. The number of aliphatic hydroxyl groups is 1. The summed E-state index contributed by atoms with van der Waals surface area (Å²) in [6.45, 7) is 4.60. The number of fused-ring (bicyclic) bond motifs is 2. The Morgan fingerprint density at radius 3 is 2.48 bits per heavy atom. The van der Waals surface area contributed by atoms with E-state index in [0.29, 0.717) is 36.8 Å². The molecule has 4 aromatic carbocycles. The molecule has 242 valence electrons. The summed E-state index contributed by atoms with van der Waals surface area (Å²) in [7, 11) is 1.86. The van der Waals surface area contributed by atoms with Gasteiger partial charge < -0.3 is 25.4 Å². The summed E-state index contributed by atoms with van der Waals surface area (Å²) < 4.78 is 45.4. The maximum atomic E-state index is 13.8. The van der Waals surface area contributed by atoms with Crippen LogP contribution in [0.1, 0.15) is 35.3 Å². The van der Waals surface area contributed by atoms with E-state index in [2.05, 4.69) is 10.6 Å². The molecule has 0 radical (unpaired) electrons. The number of benzene rings is 4. The Hall–Kier alpha value is -4.61. The summed E-state index contributed by atoms with van der Waals surface area (Å²) in [6.07, 6.45) is -4.79. The second-order valence-corrected chi connectivity index (χ2v) is 11.8. The second kappa shape index (κ2) is 13.8. The van der Waals surface area contributed by atoms with E-state index < -0.39 is 29.9 Å². The summed E-state index contributed by atoms with van der Waals surface area (Å²) in [5.41, 5.74) is 1.29. The van der Waals surface area contributed by atoms with Crippen LogP contribution in [-0.4, -0.2) is 65.7 Å². The van der Waals surface area contributed by atoms with E-state index in [1.807, 2.05) is 61.3 Å². The third-order valence-corrected chi connectivity index (χ3v) is 8.19. The Balaban J connectivity index is 1.35. The SMILES string of the molecule is C[C@H](CO)N1C[C@H](C)[C@@H](CN(C)Cc2ccc(C(F)(F)F)cc2)Oc2ccc(NC(=O)Nc3cccc4ccccc34)cc2C1=O. The number of rotatable bonds is 8. The van der Waals surface area contributed by atoms with Crippen LogP contribution < -0.4 is 15.4 Å². The molecule has 0 unspecified atom stereocenters. The van der Waals surface area contributed by atoms with E-state index in [1.165, 1.54) is 12.1 Å². The Labute approximate surface area is 265 Å². The van der Waals surface area contributed by atoms with E-state index in [4.69, 9.17) is 4.74 Å². The zero-order chi connectivity index (χ0) is 33.0. The van der Waals surface area contributed by atoms with Gasteiger partial charge in [0.2, 0.25) is 0 Å². The molecule has 1 aliphatic rings. The summed E-state index contributed by atoms with van der Waals surface area (Å²) in [5.74, 6) is -0.150. The van der Waals surface area contributed by atoms with Gasteiger partial charge in [0, 0.05) is 36.6 Å². The van der Waals surface area contributed by atoms with Crippen molar-refractivity contribution in [1.29, 1.82) is 0 Å². The average molecular weight is 635 g/mol. The molecule has 1 heterocycles. The van der Waals surface area contributed by atoms with Crippen molar-refractivity contribution in [3.8, 4) is 5.75 Å². The van der Waals surface area contributed by atoms with Gasteiger partial charge in [-0.2, -0.15) is 13.2 Å². The Morgan fingerprint density at radius 1 is 1.04 bits per heavy atom. The quantitative estimate of drug-likeness (QED) is 0.197. The molecule has 0 bridgehead atoms. The predicted octanol–water partition coefficient (Wildman–Crippen LogP) is 6.85. The number of nitrogens with one attached hydrogen (secondary N) is 2. The number of halogens is 3. The summed E-state index contributed by atoms with van der Waals surface area (Å²) in [6, 6.07) is 22.3. The van der Waals surface area contributed by atoms with Gasteiger partial charge in [-0.05, 0) is 61.3 Å². The van der Waals surface area contributed by atoms with Gasteiger partial charge in [-0.25, -0.2) is 4.79 Å². The summed E-state index contributed by atoms with van der Waals surface area (Å²) in [4.78, 5) is 30.4. The molecule has 0 fully saturated rings. The van der Waals surface area contributed by atoms with Crippen molar-refractivity contribution in [2.75, 3.05) is 37.4 Å². The van der Waals surface area contributed by atoms with Crippen molar-refractivity contribution in [2.45, 2.75) is 38.7 Å². The number of carbonyl (C=O) groups is 2. The molecular formula is C35H37F3N4O4. The first-order valence-corrected chi connectivity index (χ1v) is 15.1. The standard InChI is InChI=1S/C35H37F3N4O4/c1-22-18-42(23(2)21-43)33(44)29-17-27(39-34(45)40-30-10-6-8-25-7-4-5-9-28(25)30)15-16-31(29)46-32(22)20-41(3)19-24-11-13-26(14-12-24)35(36,37)38/h4-17,22-23,32,43H,18-21H2,1-3H3,(H2,39,40,45)/t22-,23+,32+/m0/s1. The molecule has 3 amide bonds. The van der Waals surface area contributed by atoms with Crippen molar-refractivity contribution in [3.63, 3.8) is 0 Å². The molecule has 0 aromatic heterocycles. The molecular weight excluding hydrogens is 597 g/mol. The van der Waals surface area contributed by atoms with Crippen LogP contribution in [-0.2, 0) is 12.7 Å². The highest BCUT2D eigenvalue weighted by molar-refractivity contribution is 6.07. The number of hydrogen-bond acceptors (Lipinski definition) is 5. The van der Waals surface area contributed by atoms with Gasteiger partial charge in [0.25, 0.3) is 5.91 Å². The van der Waals surface area contributed by atoms with Gasteiger partial charge >= 0.3 is 12.2 Å². The van der Waals surface area contributed by atoms with Gasteiger partial charge in [0.15, 0.2) is 0 Å². The molecule has 1 aliphatic heterocycles. The highest BCUT2D eigenvalue weighted by Crippen LogP contribution is 2.32. The highest BCUT2D eigenvalue weighted by Gasteiger charge is 2.34. The fourth-order valence-corrected chi connectivity index (χ4v) is 5.62. The summed E-state index contributed by atoms with van der Waals surface area (Å²) >= 11 is 0. The van der Waals surface area contributed by atoms with Crippen LogP contribution in [0.4, 0.5) is 29.3 Å². The molecule has 46 heavy (non-hydrogen) atoms. The molecule has 4 aromatic rings. The molecule has 0 aliphatic carbocycles. The molecule has 3 N–H and O–H groups in total. The number of ether oxygens (including phenoxy) is 1. The number of hydrogen-bond donors (Lipinski definition) is 3. The first-order valence-electron chi connectivity index (χ1n) is 15.1. The third kappa shape index (κ3) is 7.60. The minimum Gasteiger partial charge on any atom is -0.488 e. The number of urea groups is 1. The van der Waals surface area contributed by atoms with Gasteiger partial charge in [-0.3, -0.25) is 9.69 Å². The number of nitrogens with zero attached hydrogens (tertiary/aromatic N) is 2. The molecule has 0 saturated carbocycles. The van der Waals surface area contributed by atoms with E-state index in [-0.39, 0.29) is 24.0 Å². The third-order valence-electron chi connectivity index (χ3n) is 8.19. The van der Waals surface area contributed by atoms with Crippen molar-refractivity contribution >= 4 is 34.1 Å². The van der Waals surface area contributed by atoms with Crippen molar-refractivity contribution in [3.05, 3.63) is 102 Å². The van der Waals surface area contributed by atoms with E-state index in [0.717, 1.165) is 28.5 Å². The Kier molecular flexibility index (Phi) is 9.83. The van der Waals surface area contributed by atoms with E-state index in [1.54, 1.807) is 30.0 Å². The first kappa shape index (κ1) is 32.8.